The molecule has 0 saturated heterocycles. The van der Waals surface area contributed by atoms with Gasteiger partial charge >= 0.3 is 5.62 Å². The lowest BCUT2D eigenvalue weighted by atomic mass is 10.2. The van der Waals surface area contributed by atoms with Crippen LogP contribution in [0.15, 0.2) is 60.7 Å². The Balaban J connectivity index is 2.12. The second-order valence-electron chi connectivity index (χ2n) is 4.56. The first-order valence-electron chi connectivity index (χ1n) is 6.63. The van der Waals surface area contributed by atoms with Crippen LogP contribution in [0.2, 0.25) is 0 Å². The molecule has 0 aliphatic heterocycles. The first-order chi connectivity index (χ1) is 9.83. The summed E-state index contributed by atoms with van der Waals surface area (Å²) in [6.45, 7) is 0. The number of benzene rings is 2. The maximum Gasteiger partial charge on any atom is 0.330 e. The van der Waals surface area contributed by atoms with E-state index in [0.717, 1.165) is 11.5 Å². The van der Waals surface area contributed by atoms with Gasteiger partial charge in [0.25, 0.3) is 0 Å². The van der Waals surface area contributed by atoms with Crippen LogP contribution in [0, 0.1) is 0 Å². The molecule has 0 aliphatic rings. The summed E-state index contributed by atoms with van der Waals surface area (Å²) in [5.74, 6) is 1.95. The van der Waals surface area contributed by atoms with Crippen molar-refractivity contribution in [2.75, 3.05) is 14.2 Å². The van der Waals surface area contributed by atoms with E-state index in [1.54, 1.807) is 14.2 Å². The second kappa shape index (κ2) is 8.10. The predicted molar refractivity (Wildman–Crippen MR) is 85.5 cm³/mol. The minimum absolute atomic E-state index is 0.00870. The number of hydrogen-bond donors (Lipinski definition) is 0. The summed E-state index contributed by atoms with van der Waals surface area (Å²) in [7, 11) is 3.42. The van der Waals surface area contributed by atoms with Gasteiger partial charge in [0.05, 0.1) is 10.9 Å². The van der Waals surface area contributed by atoms with E-state index < -0.39 is 0 Å². The lowest BCUT2D eigenvalue weighted by Crippen LogP contribution is -2.28. The molecule has 0 aliphatic carbocycles. The zero-order valence-corrected chi connectivity index (χ0v) is 12.8. The average molecular weight is 289 g/mol. The normalized spacial score (nSPS) is 11.2. The molecule has 0 spiro atoms. The fourth-order valence-electron chi connectivity index (χ4n) is 2.13. The SMILES string of the molecule is COC(OC)[S+](Cc1ccccc1)Cc1ccccc1. The van der Waals surface area contributed by atoms with Crippen LogP contribution < -0.4 is 0 Å². The highest BCUT2D eigenvalue weighted by Crippen LogP contribution is 2.20. The molecule has 2 rings (SSSR count). The molecule has 2 aromatic rings. The fraction of sp³-hybridized carbons (Fsp3) is 0.294. The molecular weight excluding hydrogens is 268 g/mol. The van der Waals surface area contributed by atoms with Crippen molar-refractivity contribution in [3.8, 4) is 0 Å². The topological polar surface area (TPSA) is 18.5 Å². The molecule has 0 bridgehead atoms. The van der Waals surface area contributed by atoms with Crippen LogP contribution in [0.4, 0.5) is 0 Å². The molecule has 0 atom stereocenters. The van der Waals surface area contributed by atoms with Crippen molar-refractivity contribution in [2.24, 2.45) is 0 Å². The largest absolute Gasteiger partial charge is 0.330 e. The lowest BCUT2D eigenvalue weighted by molar-refractivity contribution is -0.0373. The first kappa shape index (κ1) is 15.1. The van der Waals surface area contributed by atoms with E-state index >= 15 is 0 Å². The van der Waals surface area contributed by atoms with Crippen LogP contribution >= 0.6 is 0 Å². The Hall–Kier alpha value is -1.29. The first-order valence-corrected chi connectivity index (χ1v) is 8.26. The second-order valence-corrected chi connectivity index (χ2v) is 6.59. The zero-order chi connectivity index (χ0) is 14.2. The summed E-state index contributed by atoms with van der Waals surface area (Å²) in [4.78, 5) is 0. The molecule has 0 unspecified atom stereocenters. The molecule has 0 radical (unpaired) electrons. The van der Waals surface area contributed by atoms with Gasteiger partial charge in [-0.15, -0.1) is 0 Å². The van der Waals surface area contributed by atoms with Gasteiger partial charge in [0.1, 0.15) is 11.5 Å². The molecule has 0 saturated carbocycles. The number of hydrogen-bond acceptors (Lipinski definition) is 2. The van der Waals surface area contributed by atoms with Gasteiger partial charge in [-0.1, -0.05) is 60.7 Å². The quantitative estimate of drug-likeness (QED) is 0.573. The maximum absolute atomic E-state index is 5.50. The van der Waals surface area contributed by atoms with Crippen LogP contribution in [-0.2, 0) is 31.9 Å². The summed E-state index contributed by atoms with van der Waals surface area (Å²) in [5, 5.41) is 0. The summed E-state index contributed by atoms with van der Waals surface area (Å²) in [6.07, 6.45) is 0. The molecule has 20 heavy (non-hydrogen) atoms. The van der Waals surface area contributed by atoms with E-state index in [9.17, 15) is 0 Å². The van der Waals surface area contributed by atoms with E-state index in [1.807, 2.05) is 12.1 Å². The standard InChI is InChI=1S/C17H21O2S/c1-18-17(19-2)20(13-15-9-5-3-6-10-15)14-16-11-7-4-8-12-16/h3-12,17H,13-14H2,1-2H3/q+1. The smallest absolute Gasteiger partial charge is 0.314 e. The third-order valence-corrected chi connectivity index (χ3v) is 5.38. The lowest BCUT2D eigenvalue weighted by Gasteiger charge is -2.16. The Morgan fingerprint density at radius 2 is 1.15 bits per heavy atom. The Kier molecular flexibility index (Phi) is 6.12. The highest BCUT2D eigenvalue weighted by Gasteiger charge is 2.31. The summed E-state index contributed by atoms with van der Waals surface area (Å²) in [6, 6.07) is 21.0. The predicted octanol–water partition coefficient (Wildman–Crippen LogP) is 3.58. The molecule has 2 nitrogen and oxygen atoms in total. The van der Waals surface area contributed by atoms with Gasteiger partial charge in [0.15, 0.2) is 0 Å². The third-order valence-electron chi connectivity index (χ3n) is 3.05. The van der Waals surface area contributed by atoms with Gasteiger partial charge < -0.3 is 9.47 Å². The number of rotatable bonds is 7. The summed E-state index contributed by atoms with van der Waals surface area (Å²) < 4.78 is 11.0. The number of methoxy groups -OCH3 is 2. The van der Waals surface area contributed by atoms with Gasteiger partial charge in [-0.25, -0.2) is 0 Å². The van der Waals surface area contributed by atoms with Crippen molar-refractivity contribution in [3.63, 3.8) is 0 Å². The van der Waals surface area contributed by atoms with Crippen molar-refractivity contribution < 1.29 is 9.47 Å². The minimum atomic E-state index is -0.157. The molecule has 106 valence electrons. The Bertz CT molecular complexity index is 441. The van der Waals surface area contributed by atoms with Gasteiger partial charge in [0, 0.05) is 25.3 Å². The van der Waals surface area contributed by atoms with Gasteiger partial charge in [-0.3, -0.25) is 0 Å². The van der Waals surface area contributed by atoms with Crippen molar-refractivity contribution in [1.82, 2.24) is 0 Å². The average Bonchev–Trinajstić information content (AvgIpc) is 2.50. The van der Waals surface area contributed by atoms with Crippen LogP contribution in [-0.4, -0.2) is 19.8 Å². The third kappa shape index (κ3) is 4.37. The Morgan fingerprint density at radius 3 is 1.50 bits per heavy atom. The van der Waals surface area contributed by atoms with Crippen LogP contribution in [0.25, 0.3) is 0 Å². The van der Waals surface area contributed by atoms with E-state index in [1.165, 1.54) is 11.1 Å². The van der Waals surface area contributed by atoms with Crippen LogP contribution in [0.1, 0.15) is 11.1 Å². The molecule has 3 heteroatoms. The van der Waals surface area contributed by atoms with E-state index in [4.69, 9.17) is 9.47 Å². The monoisotopic (exact) mass is 289 g/mol. The summed E-state index contributed by atoms with van der Waals surface area (Å²) in [5.41, 5.74) is 2.49. The molecular formula is C17H21O2S+. The molecule has 0 fully saturated rings. The van der Waals surface area contributed by atoms with Crippen molar-refractivity contribution >= 4 is 10.9 Å². The van der Waals surface area contributed by atoms with E-state index in [-0.39, 0.29) is 16.5 Å². The van der Waals surface area contributed by atoms with Gasteiger partial charge in [0.2, 0.25) is 0 Å². The molecule has 0 heterocycles. The van der Waals surface area contributed by atoms with Crippen molar-refractivity contribution in [1.29, 1.82) is 0 Å². The molecule has 0 amide bonds. The zero-order valence-electron chi connectivity index (χ0n) is 12.0. The van der Waals surface area contributed by atoms with Crippen molar-refractivity contribution in [3.05, 3.63) is 71.8 Å². The summed E-state index contributed by atoms with van der Waals surface area (Å²) >= 11 is 0. The van der Waals surface area contributed by atoms with Crippen LogP contribution in [0.5, 0.6) is 0 Å². The highest BCUT2D eigenvalue weighted by atomic mass is 32.2. The van der Waals surface area contributed by atoms with Crippen LogP contribution in [0.3, 0.4) is 0 Å². The van der Waals surface area contributed by atoms with Gasteiger partial charge in [-0.2, -0.15) is 0 Å². The molecule has 2 aromatic carbocycles. The van der Waals surface area contributed by atoms with Crippen molar-refractivity contribution in [2.45, 2.75) is 17.1 Å². The van der Waals surface area contributed by atoms with E-state index in [0.29, 0.717) is 0 Å². The maximum atomic E-state index is 5.50. The highest BCUT2D eigenvalue weighted by molar-refractivity contribution is 7.95. The fourth-order valence-corrected chi connectivity index (χ4v) is 4.29. The Labute approximate surface area is 124 Å². The molecule has 0 aromatic heterocycles. The van der Waals surface area contributed by atoms with E-state index in [2.05, 4.69) is 48.5 Å². The minimum Gasteiger partial charge on any atom is -0.314 e. The number of ether oxygens (including phenoxy) is 2. The molecule has 0 N–H and O–H groups in total. The Morgan fingerprint density at radius 1 is 0.750 bits per heavy atom. The van der Waals surface area contributed by atoms with Gasteiger partial charge in [-0.05, 0) is 0 Å².